The molecular weight excluding hydrogens is 324 g/mol. The van der Waals surface area contributed by atoms with Gasteiger partial charge in [0.2, 0.25) is 5.91 Å². The summed E-state index contributed by atoms with van der Waals surface area (Å²) in [6, 6.07) is 0. The van der Waals surface area contributed by atoms with E-state index in [1.165, 1.54) is 6.08 Å². The summed E-state index contributed by atoms with van der Waals surface area (Å²) < 4.78 is 10.7. The summed E-state index contributed by atoms with van der Waals surface area (Å²) in [4.78, 5) is 33.0. The second-order valence-electron chi connectivity index (χ2n) is 5.50. The number of ketones is 1. The zero-order valence-corrected chi connectivity index (χ0v) is 15.3. The van der Waals surface area contributed by atoms with E-state index >= 15 is 0 Å². The molecule has 0 bridgehead atoms. The minimum atomic E-state index is -0.0303. The fourth-order valence-electron chi connectivity index (χ4n) is 1.89. The maximum Gasteiger partial charge on any atom is 0.220 e. The molecule has 0 spiro atoms. The second-order valence-corrected chi connectivity index (χ2v) is 5.50. The fraction of sp³-hybridized carbons (Fsp3) is 0.722. The minimum absolute atomic E-state index is 0.0138. The Labute approximate surface area is 150 Å². The lowest BCUT2D eigenvalue weighted by molar-refractivity contribution is -0.121. The molecule has 0 aromatic rings. The number of allylic oxidation sites excluding steroid dienone is 2. The molecule has 0 radical (unpaired) electrons. The average molecular weight is 356 g/mol. The summed E-state index contributed by atoms with van der Waals surface area (Å²) >= 11 is 0. The third-order valence-corrected chi connectivity index (χ3v) is 3.27. The number of hydrogen-bond acceptors (Lipinski definition) is 6. The van der Waals surface area contributed by atoms with Crippen LogP contribution in [0.25, 0.3) is 0 Å². The SMILES string of the molecule is CNCCOCCOCCNC(=O)CCCCC=CC(=O)CCC=O. The van der Waals surface area contributed by atoms with Gasteiger partial charge in [0.15, 0.2) is 5.78 Å². The van der Waals surface area contributed by atoms with E-state index in [4.69, 9.17) is 9.47 Å². The standard InChI is InChI=1S/C18H32N2O5/c1-19-10-13-24-15-16-25-14-11-20-18(23)9-5-3-2-4-7-17(22)8-6-12-21/h4,7,12,19H,2-3,5-6,8-11,13-16H2,1H3,(H,20,23). The van der Waals surface area contributed by atoms with Gasteiger partial charge in [-0.05, 0) is 32.4 Å². The van der Waals surface area contributed by atoms with Gasteiger partial charge in [0.25, 0.3) is 0 Å². The van der Waals surface area contributed by atoms with Gasteiger partial charge in [-0.25, -0.2) is 0 Å². The van der Waals surface area contributed by atoms with Gasteiger partial charge in [0.1, 0.15) is 6.29 Å². The van der Waals surface area contributed by atoms with Crippen LogP contribution in [-0.2, 0) is 23.9 Å². The lowest BCUT2D eigenvalue weighted by Crippen LogP contribution is -2.27. The summed E-state index contributed by atoms with van der Waals surface area (Å²) in [5.74, 6) is -0.0165. The summed E-state index contributed by atoms with van der Waals surface area (Å²) in [6.45, 7) is 3.55. The van der Waals surface area contributed by atoms with E-state index in [1.54, 1.807) is 6.08 Å². The van der Waals surface area contributed by atoms with E-state index in [-0.39, 0.29) is 24.5 Å². The number of rotatable bonds is 18. The van der Waals surface area contributed by atoms with Crippen LogP contribution in [0.2, 0.25) is 0 Å². The molecule has 0 rings (SSSR count). The van der Waals surface area contributed by atoms with Gasteiger partial charge < -0.3 is 24.9 Å². The summed E-state index contributed by atoms with van der Waals surface area (Å²) in [5.41, 5.74) is 0. The quantitative estimate of drug-likeness (QED) is 0.216. The van der Waals surface area contributed by atoms with E-state index in [0.29, 0.717) is 39.4 Å². The van der Waals surface area contributed by atoms with Gasteiger partial charge in [0, 0.05) is 32.4 Å². The van der Waals surface area contributed by atoms with Crippen LogP contribution >= 0.6 is 0 Å². The molecule has 0 aromatic carbocycles. The summed E-state index contributed by atoms with van der Waals surface area (Å²) in [6.07, 6.45) is 7.47. The Morgan fingerprint density at radius 1 is 0.920 bits per heavy atom. The molecule has 7 nitrogen and oxygen atoms in total. The first-order valence-electron chi connectivity index (χ1n) is 8.90. The smallest absolute Gasteiger partial charge is 0.220 e. The van der Waals surface area contributed by atoms with Crippen LogP contribution in [0.5, 0.6) is 0 Å². The van der Waals surface area contributed by atoms with Gasteiger partial charge in [-0.1, -0.05) is 6.08 Å². The maximum absolute atomic E-state index is 11.6. The van der Waals surface area contributed by atoms with Crippen LogP contribution in [0.15, 0.2) is 12.2 Å². The van der Waals surface area contributed by atoms with Gasteiger partial charge in [-0.3, -0.25) is 9.59 Å². The molecule has 144 valence electrons. The van der Waals surface area contributed by atoms with Crippen molar-refractivity contribution in [2.24, 2.45) is 0 Å². The maximum atomic E-state index is 11.6. The fourth-order valence-corrected chi connectivity index (χ4v) is 1.89. The lowest BCUT2D eigenvalue weighted by atomic mass is 10.1. The molecule has 0 fully saturated rings. The van der Waals surface area contributed by atoms with Crippen molar-refractivity contribution in [1.82, 2.24) is 10.6 Å². The number of hydrogen-bond donors (Lipinski definition) is 2. The van der Waals surface area contributed by atoms with Gasteiger partial charge in [-0.2, -0.15) is 0 Å². The third-order valence-electron chi connectivity index (χ3n) is 3.27. The van der Waals surface area contributed by atoms with Crippen molar-refractivity contribution in [1.29, 1.82) is 0 Å². The summed E-state index contributed by atoms with van der Waals surface area (Å²) in [5, 5.41) is 5.79. The highest BCUT2D eigenvalue weighted by molar-refractivity contribution is 5.90. The van der Waals surface area contributed by atoms with Crippen LogP contribution in [0, 0.1) is 0 Å². The first kappa shape index (κ1) is 23.4. The Bertz CT molecular complexity index is 386. The van der Waals surface area contributed by atoms with Crippen molar-refractivity contribution in [2.45, 2.75) is 38.5 Å². The van der Waals surface area contributed by atoms with Crippen molar-refractivity contribution in [3.05, 3.63) is 12.2 Å². The molecule has 0 aromatic heterocycles. The monoisotopic (exact) mass is 356 g/mol. The van der Waals surface area contributed by atoms with E-state index < -0.39 is 0 Å². The van der Waals surface area contributed by atoms with Crippen molar-refractivity contribution in [3.63, 3.8) is 0 Å². The lowest BCUT2D eigenvalue weighted by Gasteiger charge is -2.07. The van der Waals surface area contributed by atoms with Gasteiger partial charge in [-0.15, -0.1) is 0 Å². The van der Waals surface area contributed by atoms with Gasteiger partial charge in [0.05, 0.1) is 26.4 Å². The number of aldehydes is 1. The van der Waals surface area contributed by atoms with Crippen molar-refractivity contribution in [3.8, 4) is 0 Å². The largest absolute Gasteiger partial charge is 0.378 e. The van der Waals surface area contributed by atoms with E-state index in [1.807, 2.05) is 7.05 Å². The van der Waals surface area contributed by atoms with E-state index in [9.17, 15) is 14.4 Å². The molecule has 0 unspecified atom stereocenters. The molecule has 0 aliphatic carbocycles. The highest BCUT2D eigenvalue weighted by Gasteiger charge is 2.00. The molecular formula is C18H32N2O5. The average Bonchev–Trinajstić information content (AvgIpc) is 2.61. The highest BCUT2D eigenvalue weighted by Crippen LogP contribution is 2.01. The van der Waals surface area contributed by atoms with Crippen molar-refractivity contribution < 1.29 is 23.9 Å². The Morgan fingerprint density at radius 2 is 1.64 bits per heavy atom. The van der Waals surface area contributed by atoms with Crippen LogP contribution in [0.4, 0.5) is 0 Å². The first-order chi connectivity index (χ1) is 12.2. The van der Waals surface area contributed by atoms with Crippen LogP contribution in [-0.4, -0.2) is 64.5 Å². The Morgan fingerprint density at radius 3 is 2.32 bits per heavy atom. The Kier molecular flexibility index (Phi) is 17.6. The molecule has 7 heteroatoms. The van der Waals surface area contributed by atoms with E-state index in [2.05, 4.69) is 10.6 Å². The number of likely N-dealkylation sites (N-methyl/N-ethyl adjacent to an activating group) is 1. The van der Waals surface area contributed by atoms with E-state index in [0.717, 1.165) is 32.1 Å². The number of nitrogens with one attached hydrogen (secondary N) is 2. The first-order valence-corrected chi connectivity index (χ1v) is 8.90. The molecule has 0 atom stereocenters. The predicted molar refractivity (Wildman–Crippen MR) is 96.5 cm³/mol. The highest BCUT2D eigenvalue weighted by atomic mass is 16.5. The molecule has 1 amide bonds. The minimum Gasteiger partial charge on any atom is -0.378 e. The molecule has 0 saturated carbocycles. The molecule has 0 aliphatic rings. The number of unbranched alkanes of at least 4 members (excludes halogenated alkanes) is 2. The summed E-state index contributed by atoms with van der Waals surface area (Å²) in [7, 11) is 1.87. The van der Waals surface area contributed by atoms with Crippen molar-refractivity contribution >= 4 is 18.0 Å². The van der Waals surface area contributed by atoms with Crippen LogP contribution in [0.3, 0.4) is 0 Å². The molecule has 0 heterocycles. The molecule has 0 saturated heterocycles. The van der Waals surface area contributed by atoms with Crippen LogP contribution < -0.4 is 10.6 Å². The zero-order chi connectivity index (χ0) is 18.6. The zero-order valence-electron chi connectivity index (χ0n) is 15.3. The molecule has 2 N–H and O–H groups in total. The third kappa shape index (κ3) is 18.6. The Balaban J connectivity index is 3.34. The molecule has 0 aliphatic heterocycles. The molecule has 25 heavy (non-hydrogen) atoms. The second kappa shape index (κ2) is 18.8. The van der Waals surface area contributed by atoms with Crippen molar-refractivity contribution in [2.75, 3.05) is 46.6 Å². The topological polar surface area (TPSA) is 93.7 Å². The number of carbonyl (C=O) groups excluding carboxylic acids is 3. The normalized spacial score (nSPS) is 10.9. The number of ether oxygens (including phenoxy) is 2. The number of amides is 1. The Hall–Kier alpha value is -1.57. The predicted octanol–water partition coefficient (Wildman–Crippen LogP) is 1.02. The van der Waals surface area contributed by atoms with Gasteiger partial charge >= 0.3 is 0 Å². The number of carbonyl (C=O) groups is 3. The van der Waals surface area contributed by atoms with Crippen LogP contribution in [0.1, 0.15) is 38.5 Å².